The zero-order valence-electron chi connectivity index (χ0n) is 16.9. The van der Waals surface area contributed by atoms with Crippen LogP contribution in [0.3, 0.4) is 0 Å². The predicted molar refractivity (Wildman–Crippen MR) is 125 cm³/mol. The highest BCUT2D eigenvalue weighted by Gasteiger charge is 2.43. The Balaban J connectivity index is 1.73. The van der Waals surface area contributed by atoms with Crippen LogP contribution in [-0.2, 0) is 0 Å². The molecule has 0 spiro atoms. The Morgan fingerprint density at radius 1 is 1.06 bits per heavy atom. The number of fused-ring (bicyclic) bond motifs is 1. The molecular formula is C24H17BrN4O3. The molecule has 1 N–H and O–H groups in total. The minimum Gasteiger partial charge on any atom is -0.295 e. The minimum absolute atomic E-state index is 0.0269. The molecule has 1 amide bonds. The highest BCUT2D eigenvalue weighted by molar-refractivity contribution is 9.10. The quantitative estimate of drug-likeness (QED) is 0.290. The van der Waals surface area contributed by atoms with Crippen LogP contribution in [0.25, 0.3) is 11.3 Å². The molecule has 5 rings (SSSR count). The van der Waals surface area contributed by atoms with E-state index in [-0.39, 0.29) is 11.6 Å². The van der Waals surface area contributed by atoms with Crippen molar-refractivity contribution < 1.29 is 9.72 Å². The van der Waals surface area contributed by atoms with Crippen molar-refractivity contribution in [3.63, 3.8) is 0 Å². The Hall–Kier alpha value is -3.78. The number of benzene rings is 3. The van der Waals surface area contributed by atoms with Crippen molar-refractivity contribution in [2.24, 2.45) is 0 Å². The standard InChI is InChI=1S/C24H17BrN4O3/c1-14-5-11-18(12-6-14)28-23(16-3-2-4-19(13-16)29(31)32)20-21(26-27-22(20)24(28)30)15-7-9-17(25)10-8-15/h2-13,23H,1H3,(H,26,27)/t23-/m0/s1. The molecule has 1 aliphatic heterocycles. The van der Waals surface area contributed by atoms with Crippen LogP contribution in [0, 0.1) is 17.0 Å². The van der Waals surface area contributed by atoms with Crippen LogP contribution in [0.1, 0.15) is 33.2 Å². The van der Waals surface area contributed by atoms with Crippen molar-refractivity contribution in [3.8, 4) is 11.3 Å². The smallest absolute Gasteiger partial charge is 0.277 e. The van der Waals surface area contributed by atoms with E-state index in [1.807, 2.05) is 55.5 Å². The summed E-state index contributed by atoms with van der Waals surface area (Å²) in [5, 5.41) is 18.8. The lowest BCUT2D eigenvalue weighted by Gasteiger charge is -2.26. The third kappa shape index (κ3) is 3.29. The summed E-state index contributed by atoms with van der Waals surface area (Å²) in [5.74, 6) is -0.226. The highest BCUT2D eigenvalue weighted by atomic mass is 79.9. The largest absolute Gasteiger partial charge is 0.295 e. The van der Waals surface area contributed by atoms with E-state index < -0.39 is 11.0 Å². The lowest BCUT2D eigenvalue weighted by atomic mass is 9.95. The van der Waals surface area contributed by atoms with Crippen LogP contribution in [0.5, 0.6) is 0 Å². The van der Waals surface area contributed by atoms with Crippen molar-refractivity contribution in [1.29, 1.82) is 0 Å². The lowest BCUT2D eigenvalue weighted by molar-refractivity contribution is -0.384. The van der Waals surface area contributed by atoms with Crippen molar-refractivity contribution in [3.05, 3.63) is 110 Å². The maximum absolute atomic E-state index is 13.5. The summed E-state index contributed by atoms with van der Waals surface area (Å²) in [4.78, 5) is 26.2. The summed E-state index contributed by atoms with van der Waals surface area (Å²) in [7, 11) is 0. The monoisotopic (exact) mass is 488 g/mol. The van der Waals surface area contributed by atoms with Gasteiger partial charge in [-0.3, -0.25) is 24.9 Å². The molecule has 0 radical (unpaired) electrons. The van der Waals surface area contributed by atoms with Gasteiger partial charge >= 0.3 is 0 Å². The van der Waals surface area contributed by atoms with Gasteiger partial charge in [-0.2, -0.15) is 5.10 Å². The fourth-order valence-electron chi connectivity index (χ4n) is 4.07. The molecule has 3 aromatic carbocycles. The number of nitro benzene ring substituents is 1. The lowest BCUT2D eigenvalue weighted by Crippen LogP contribution is -2.29. The van der Waals surface area contributed by atoms with Gasteiger partial charge in [0.15, 0.2) is 0 Å². The number of anilines is 1. The number of aryl methyl sites for hydroxylation is 1. The topological polar surface area (TPSA) is 92.1 Å². The van der Waals surface area contributed by atoms with Crippen molar-refractivity contribution in [2.45, 2.75) is 13.0 Å². The number of non-ortho nitro benzene ring substituents is 1. The fourth-order valence-corrected chi connectivity index (χ4v) is 4.33. The molecule has 0 fully saturated rings. The zero-order chi connectivity index (χ0) is 22.4. The van der Waals surface area contributed by atoms with E-state index >= 15 is 0 Å². The molecule has 7 nitrogen and oxygen atoms in total. The van der Waals surface area contributed by atoms with Crippen LogP contribution in [0.4, 0.5) is 11.4 Å². The summed E-state index contributed by atoms with van der Waals surface area (Å²) in [6.45, 7) is 1.98. The molecule has 8 heteroatoms. The second-order valence-corrected chi connectivity index (χ2v) is 8.55. The van der Waals surface area contributed by atoms with Crippen LogP contribution in [0.15, 0.2) is 77.3 Å². The Kier molecular flexibility index (Phi) is 4.86. The summed E-state index contributed by atoms with van der Waals surface area (Å²) >= 11 is 3.44. The Labute approximate surface area is 192 Å². The van der Waals surface area contributed by atoms with E-state index in [1.165, 1.54) is 12.1 Å². The summed E-state index contributed by atoms with van der Waals surface area (Å²) < 4.78 is 0.932. The first-order valence-electron chi connectivity index (χ1n) is 9.93. The molecule has 0 saturated heterocycles. The molecule has 0 aliphatic carbocycles. The third-order valence-corrected chi connectivity index (χ3v) is 6.12. The number of rotatable bonds is 4. The molecule has 4 aromatic rings. The number of aromatic amines is 1. The predicted octanol–water partition coefficient (Wildman–Crippen LogP) is 5.81. The minimum atomic E-state index is -0.558. The molecule has 2 heterocycles. The number of hydrogen-bond acceptors (Lipinski definition) is 4. The molecule has 158 valence electrons. The summed E-state index contributed by atoms with van der Waals surface area (Å²) in [6.07, 6.45) is 0. The normalized spacial score (nSPS) is 15.1. The van der Waals surface area contributed by atoms with Gasteiger partial charge in [0.25, 0.3) is 11.6 Å². The second kappa shape index (κ2) is 7.72. The molecule has 1 atom stereocenters. The molecule has 1 aliphatic rings. The van der Waals surface area contributed by atoms with Crippen LogP contribution < -0.4 is 4.90 Å². The van der Waals surface area contributed by atoms with E-state index in [0.29, 0.717) is 28.2 Å². The average molecular weight is 489 g/mol. The van der Waals surface area contributed by atoms with E-state index in [2.05, 4.69) is 26.1 Å². The first-order chi connectivity index (χ1) is 15.4. The molecule has 1 aromatic heterocycles. The third-order valence-electron chi connectivity index (χ3n) is 5.59. The van der Waals surface area contributed by atoms with Crippen LogP contribution in [-0.4, -0.2) is 21.0 Å². The van der Waals surface area contributed by atoms with Crippen LogP contribution in [0.2, 0.25) is 0 Å². The summed E-state index contributed by atoms with van der Waals surface area (Å²) in [5.41, 5.74) is 4.99. The van der Waals surface area contributed by atoms with Crippen molar-refractivity contribution in [2.75, 3.05) is 4.90 Å². The number of nitrogens with one attached hydrogen (secondary N) is 1. The van der Waals surface area contributed by atoms with Crippen molar-refractivity contribution >= 4 is 33.2 Å². The van der Waals surface area contributed by atoms with Gasteiger partial charge in [0.05, 0.1) is 16.7 Å². The second-order valence-electron chi connectivity index (χ2n) is 7.63. The SMILES string of the molecule is Cc1ccc(N2C(=O)c3[nH]nc(-c4ccc(Br)cc4)c3[C@@H]2c2cccc([N+](=O)[O-])c2)cc1. The number of halogens is 1. The van der Waals surface area contributed by atoms with Gasteiger partial charge in [0.2, 0.25) is 0 Å². The average Bonchev–Trinajstić information content (AvgIpc) is 3.34. The molecule has 0 bridgehead atoms. The molecule has 32 heavy (non-hydrogen) atoms. The molecule has 0 unspecified atom stereocenters. The van der Waals surface area contributed by atoms with Gasteiger partial charge in [0, 0.05) is 33.4 Å². The van der Waals surface area contributed by atoms with Gasteiger partial charge in [-0.05, 0) is 36.8 Å². The summed E-state index contributed by atoms with van der Waals surface area (Å²) in [6, 6.07) is 21.2. The van der Waals surface area contributed by atoms with Gasteiger partial charge in [0.1, 0.15) is 5.69 Å². The Morgan fingerprint density at radius 2 is 1.78 bits per heavy atom. The zero-order valence-corrected chi connectivity index (χ0v) is 18.5. The van der Waals surface area contributed by atoms with Gasteiger partial charge < -0.3 is 0 Å². The first-order valence-corrected chi connectivity index (χ1v) is 10.7. The maximum atomic E-state index is 13.5. The maximum Gasteiger partial charge on any atom is 0.277 e. The number of hydrogen-bond donors (Lipinski definition) is 1. The number of nitrogens with zero attached hydrogens (tertiary/aromatic N) is 3. The van der Waals surface area contributed by atoms with E-state index in [9.17, 15) is 14.9 Å². The van der Waals surface area contributed by atoms with Gasteiger partial charge in [-0.15, -0.1) is 0 Å². The highest BCUT2D eigenvalue weighted by Crippen LogP contribution is 2.45. The molecule has 0 saturated carbocycles. The van der Waals surface area contributed by atoms with Gasteiger partial charge in [-0.25, -0.2) is 0 Å². The van der Waals surface area contributed by atoms with Gasteiger partial charge in [-0.1, -0.05) is 57.9 Å². The number of carbonyl (C=O) groups excluding carboxylic acids is 1. The van der Waals surface area contributed by atoms with E-state index in [0.717, 1.165) is 15.6 Å². The number of aromatic nitrogens is 2. The number of amides is 1. The number of nitro groups is 1. The van der Waals surface area contributed by atoms with Crippen LogP contribution >= 0.6 is 15.9 Å². The number of H-pyrrole nitrogens is 1. The Morgan fingerprint density at radius 3 is 2.47 bits per heavy atom. The first kappa shape index (κ1) is 20.1. The molecular weight excluding hydrogens is 472 g/mol. The van der Waals surface area contributed by atoms with Crippen molar-refractivity contribution in [1.82, 2.24) is 10.2 Å². The van der Waals surface area contributed by atoms with E-state index in [1.54, 1.807) is 17.0 Å². The Bertz CT molecular complexity index is 1350. The fraction of sp³-hybridized carbons (Fsp3) is 0.0833. The van der Waals surface area contributed by atoms with E-state index in [4.69, 9.17) is 0 Å². The number of carbonyl (C=O) groups is 1.